The second kappa shape index (κ2) is 10.9. The summed E-state index contributed by atoms with van der Waals surface area (Å²) in [5, 5.41) is 7.15. The summed E-state index contributed by atoms with van der Waals surface area (Å²) >= 11 is 0. The van der Waals surface area contributed by atoms with E-state index in [9.17, 15) is 22.8 Å². The Hall–Kier alpha value is -4.63. The van der Waals surface area contributed by atoms with Crippen molar-refractivity contribution >= 4 is 11.6 Å². The average Bonchev–Trinajstić information content (AvgIpc) is 3.47. The molecule has 0 radical (unpaired) electrons. The van der Waals surface area contributed by atoms with Crippen molar-refractivity contribution in [1.29, 1.82) is 0 Å². The second-order valence-corrected chi connectivity index (χ2v) is 10.3. The number of carbonyl (C=O) groups excluding carboxylic acids is 1. The molecule has 0 aliphatic rings. The number of amides is 1. The molecule has 40 heavy (non-hydrogen) atoms. The number of benzene rings is 2. The van der Waals surface area contributed by atoms with Crippen LogP contribution in [0.4, 0.5) is 18.9 Å². The van der Waals surface area contributed by atoms with E-state index in [0.717, 1.165) is 23.4 Å². The highest BCUT2D eigenvalue weighted by Crippen LogP contribution is 2.31. The summed E-state index contributed by atoms with van der Waals surface area (Å²) in [6.07, 6.45) is -2.47. The molecule has 0 fully saturated rings. The predicted molar refractivity (Wildman–Crippen MR) is 145 cm³/mol. The predicted octanol–water partition coefficient (Wildman–Crippen LogP) is 4.42. The fourth-order valence-corrected chi connectivity index (χ4v) is 4.41. The van der Waals surface area contributed by atoms with E-state index in [0.29, 0.717) is 34.5 Å². The zero-order chi connectivity index (χ0) is 29.2. The van der Waals surface area contributed by atoms with E-state index in [1.807, 2.05) is 21.1 Å². The highest BCUT2D eigenvalue weighted by Gasteiger charge is 2.32. The van der Waals surface area contributed by atoms with Gasteiger partial charge in [0, 0.05) is 20.0 Å². The van der Waals surface area contributed by atoms with Crippen LogP contribution in [-0.2, 0) is 13.2 Å². The van der Waals surface area contributed by atoms with Crippen molar-refractivity contribution in [2.24, 2.45) is 7.05 Å². The Morgan fingerprint density at radius 3 is 2.40 bits per heavy atom. The van der Waals surface area contributed by atoms with Crippen LogP contribution in [-0.4, -0.2) is 63.8 Å². The number of halogens is 3. The van der Waals surface area contributed by atoms with Crippen LogP contribution in [0.3, 0.4) is 0 Å². The molecular weight excluding hydrogens is 523 g/mol. The molecule has 208 valence electrons. The van der Waals surface area contributed by atoms with E-state index in [1.54, 1.807) is 30.3 Å². The molecule has 0 unspecified atom stereocenters. The highest BCUT2D eigenvalue weighted by atomic mass is 19.4. The van der Waals surface area contributed by atoms with E-state index < -0.39 is 23.2 Å². The summed E-state index contributed by atoms with van der Waals surface area (Å²) in [5.41, 5.74) is -0.399. The van der Waals surface area contributed by atoms with Crippen molar-refractivity contribution in [1.82, 2.24) is 24.5 Å². The Kier molecular flexibility index (Phi) is 7.70. The van der Waals surface area contributed by atoms with Crippen LogP contribution >= 0.6 is 0 Å². The largest absolute Gasteiger partial charge is 0.416 e. The Labute approximate surface area is 229 Å². The molecule has 0 atom stereocenters. The second-order valence-electron chi connectivity index (χ2n) is 10.3. The fraction of sp³-hybridized carbons (Fsp3) is 0.286. The van der Waals surface area contributed by atoms with Crippen LogP contribution in [0.2, 0.25) is 0 Å². The van der Waals surface area contributed by atoms with Gasteiger partial charge in [-0.15, -0.1) is 0 Å². The Balaban J connectivity index is 1.87. The minimum atomic E-state index is -4.62. The molecule has 1 amide bonds. The Bertz CT molecular complexity index is 1630. The van der Waals surface area contributed by atoms with Gasteiger partial charge in [0.05, 0.1) is 63.1 Å². The fourth-order valence-electron chi connectivity index (χ4n) is 4.41. The summed E-state index contributed by atoms with van der Waals surface area (Å²) in [6, 6.07) is 12.6. The third-order valence-corrected chi connectivity index (χ3v) is 6.31. The number of nitrogens with one attached hydrogen (secondary N) is 1. The molecule has 4 aromatic rings. The molecule has 2 heterocycles. The van der Waals surface area contributed by atoms with Gasteiger partial charge in [0.2, 0.25) is 0 Å². The topological polar surface area (TPSA) is 78.2 Å². The zero-order valence-corrected chi connectivity index (χ0v) is 22.5. The number of rotatable bonds is 8. The Morgan fingerprint density at radius 2 is 1.77 bits per heavy atom. The zero-order valence-electron chi connectivity index (χ0n) is 22.5. The Morgan fingerprint density at radius 1 is 1.07 bits per heavy atom. The molecule has 0 aliphatic heterocycles. The van der Waals surface area contributed by atoms with Crippen LogP contribution in [0, 0.1) is 6.57 Å². The molecule has 0 spiro atoms. The summed E-state index contributed by atoms with van der Waals surface area (Å²) in [4.78, 5) is 30.6. The molecule has 12 heteroatoms. The maximum absolute atomic E-state index is 13.8. The molecule has 0 saturated carbocycles. The molecule has 2 aromatic carbocycles. The van der Waals surface area contributed by atoms with Gasteiger partial charge in [-0.3, -0.25) is 14.3 Å². The first-order valence-electron chi connectivity index (χ1n) is 12.4. The summed E-state index contributed by atoms with van der Waals surface area (Å²) in [5.74, 6) is -0.640. The van der Waals surface area contributed by atoms with Gasteiger partial charge in [-0.25, -0.2) is 14.2 Å². The van der Waals surface area contributed by atoms with Crippen molar-refractivity contribution in [3.05, 3.63) is 93.7 Å². The molecule has 1 N–H and O–H groups in total. The minimum Gasteiger partial charge on any atom is -0.352 e. The summed E-state index contributed by atoms with van der Waals surface area (Å²) in [6.45, 7) is 8.27. The number of quaternary nitrogens is 1. The molecule has 4 rings (SSSR count). The third kappa shape index (κ3) is 5.84. The van der Waals surface area contributed by atoms with Gasteiger partial charge in [-0.1, -0.05) is 18.2 Å². The average molecular weight is 553 g/mol. The van der Waals surface area contributed by atoms with Crippen LogP contribution in [0.1, 0.15) is 22.3 Å². The van der Waals surface area contributed by atoms with E-state index in [2.05, 4.69) is 15.3 Å². The van der Waals surface area contributed by atoms with Crippen LogP contribution in [0.25, 0.3) is 27.6 Å². The first-order valence-corrected chi connectivity index (χ1v) is 12.4. The first kappa shape index (κ1) is 28.4. The van der Waals surface area contributed by atoms with E-state index in [4.69, 9.17) is 6.57 Å². The lowest BCUT2D eigenvalue weighted by Crippen LogP contribution is -2.38. The van der Waals surface area contributed by atoms with Gasteiger partial charge >= 0.3 is 6.18 Å². The van der Waals surface area contributed by atoms with Gasteiger partial charge in [-0.05, 0) is 36.4 Å². The third-order valence-electron chi connectivity index (χ3n) is 6.31. The maximum atomic E-state index is 13.8. The standard InChI is InChI=1S/C28H28F3N7O2/c1-32-20-10-12-21(13-11-20)36-23(14-16-34-36)25-24(26(39)33-15-7-17-38(3,4)5)27(40)37(35(25)2)22-9-6-8-19(18-22)28(29,30)31/h6,8-14,16,18H,7,15,17H2,2-5H3/p+1. The molecule has 0 aliphatic carbocycles. The maximum Gasteiger partial charge on any atom is 0.416 e. The van der Waals surface area contributed by atoms with Crippen molar-refractivity contribution in [2.75, 3.05) is 34.2 Å². The lowest BCUT2D eigenvalue weighted by Gasteiger charge is -2.23. The van der Waals surface area contributed by atoms with Gasteiger partial charge in [0.15, 0.2) is 5.69 Å². The lowest BCUT2D eigenvalue weighted by molar-refractivity contribution is -0.870. The molecule has 0 saturated heterocycles. The number of alkyl halides is 3. The number of aromatic nitrogens is 4. The number of nitrogens with zero attached hydrogens (tertiary/aromatic N) is 6. The van der Waals surface area contributed by atoms with E-state index in [-0.39, 0.29) is 16.9 Å². The lowest BCUT2D eigenvalue weighted by atomic mass is 10.1. The molecular formula is C28H29F3N7O2+. The summed E-state index contributed by atoms with van der Waals surface area (Å²) < 4.78 is 45.1. The normalized spacial score (nSPS) is 11.8. The SMILES string of the molecule is [C-]#[N+]c1ccc(-n2nccc2-c2c(C(=O)NCCC[N+](C)(C)C)c(=O)n(-c3cccc(C(F)(F)F)c3)n2C)cc1. The molecule has 2 aromatic heterocycles. The monoisotopic (exact) mass is 552 g/mol. The van der Waals surface area contributed by atoms with Gasteiger partial charge < -0.3 is 9.80 Å². The van der Waals surface area contributed by atoms with Gasteiger partial charge in [-0.2, -0.15) is 18.3 Å². The first-order chi connectivity index (χ1) is 18.8. The van der Waals surface area contributed by atoms with Crippen LogP contribution < -0.4 is 10.9 Å². The number of hydrogen-bond donors (Lipinski definition) is 1. The molecule has 9 nitrogen and oxygen atoms in total. The van der Waals surface area contributed by atoms with E-state index >= 15 is 0 Å². The van der Waals surface area contributed by atoms with Crippen molar-refractivity contribution < 1.29 is 22.4 Å². The summed E-state index contributed by atoms with van der Waals surface area (Å²) in [7, 11) is 7.58. The van der Waals surface area contributed by atoms with Crippen molar-refractivity contribution in [3.63, 3.8) is 0 Å². The molecule has 0 bridgehead atoms. The van der Waals surface area contributed by atoms with Gasteiger partial charge in [0.1, 0.15) is 11.3 Å². The number of hydrogen-bond acceptors (Lipinski definition) is 3. The van der Waals surface area contributed by atoms with Crippen LogP contribution in [0.5, 0.6) is 0 Å². The number of carbonyl (C=O) groups is 1. The highest BCUT2D eigenvalue weighted by molar-refractivity contribution is 5.99. The smallest absolute Gasteiger partial charge is 0.352 e. The van der Waals surface area contributed by atoms with Crippen molar-refractivity contribution in [2.45, 2.75) is 12.6 Å². The van der Waals surface area contributed by atoms with Gasteiger partial charge in [0.25, 0.3) is 11.5 Å². The van der Waals surface area contributed by atoms with Crippen LogP contribution in [0.15, 0.2) is 65.6 Å². The quantitative estimate of drug-likeness (QED) is 0.200. The minimum absolute atomic E-state index is 0.0415. The van der Waals surface area contributed by atoms with E-state index in [1.165, 1.54) is 34.7 Å². The van der Waals surface area contributed by atoms with Crippen molar-refractivity contribution in [3.8, 4) is 22.8 Å².